The molecule has 2 aromatic rings. The quantitative estimate of drug-likeness (QED) is 0.876. The lowest BCUT2D eigenvalue weighted by Gasteiger charge is -2.19. The first-order valence-corrected chi connectivity index (χ1v) is 7.00. The van der Waals surface area contributed by atoms with Crippen molar-refractivity contribution in [3.63, 3.8) is 0 Å². The largest absolute Gasteiger partial charge is 0.507 e. The lowest BCUT2D eigenvalue weighted by Crippen LogP contribution is -3.10. The van der Waals surface area contributed by atoms with Crippen molar-refractivity contribution in [1.29, 1.82) is 0 Å². The Balaban J connectivity index is 1.91. The summed E-state index contributed by atoms with van der Waals surface area (Å²) in [6.07, 6.45) is -0.0720. The van der Waals surface area contributed by atoms with Crippen molar-refractivity contribution in [3.05, 3.63) is 65.7 Å². The summed E-state index contributed by atoms with van der Waals surface area (Å²) in [6, 6.07) is 18.0. The maximum absolute atomic E-state index is 10.0. The van der Waals surface area contributed by atoms with Crippen molar-refractivity contribution in [2.24, 2.45) is 0 Å². The maximum Gasteiger partial charge on any atom is 0.223 e. The molecular formula is C17H20NO2+. The Morgan fingerprint density at radius 1 is 1.00 bits per heavy atom. The molecule has 0 aromatic heterocycles. The van der Waals surface area contributed by atoms with E-state index in [1.165, 1.54) is 10.5 Å². The van der Waals surface area contributed by atoms with E-state index in [4.69, 9.17) is 4.74 Å². The smallest absolute Gasteiger partial charge is 0.223 e. The van der Waals surface area contributed by atoms with Crippen molar-refractivity contribution in [1.82, 2.24) is 0 Å². The van der Waals surface area contributed by atoms with E-state index in [9.17, 15) is 5.11 Å². The van der Waals surface area contributed by atoms with Crippen LogP contribution in [0.5, 0.6) is 5.75 Å². The van der Waals surface area contributed by atoms with Crippen LogP contribution < -0.4 is 4.90 Å². The van der Waals surface area contributed by atoms with E-state index < -0.39 is 0 Å². The molecule has 20 heavy (non-hydrogen) atoms. The fourth-order valence-corrected chi connectivity index (χ4v) is 2.89. The number of aromatic hydroxyl groups is 1. The molecule has 0 aliphatic carbocycles. The molecule has 3 heteroatoms. The molecule has 2 aromatic carbocycles. The molecule has 0 amide bonds. The van der Waals surface area contributed by atoms with Gasteiger partial charge >= 0.3 is 0 Å². The summed E-state index contributed by atoms with van der Waals surface area (Å²) in [4.78, 5) is 1.26. The van der Waals surface area contributed by atoms with Crippen molar-refractivity contribution in [2.45, 2.75) is 25.3 Å². The number of rotatable bonds is 2. The van der Waals surface area contributed by atoms with Crippen LogP contribution >= 0.6 is 0 Å². The van der Waals surface area contributed by atoms with Gasteiger partial charge in [-0.25, -0.2) is 0 Å². The number of phenolic OH excluding ortho intramolecular Hbond substituents is 1. The van der Waals surface area contributed by atoms with Gasteiger partial charge in [0, 0.05) is 0 Å². The third kappa shape index (κ3) is 2.19. The predicted octanol–water partition coefficient (Wildman–Crippen LogP) is 2.07. The van der Waals surface area contributed by atoms with E-state index in [0.29, 0.717) is 11.8 Å². The minimum atomic E-state index is -0.128. The number of likely N-dealkylation sites (N-methyl/N-ethyl adjacent to an activating group) is 1. The normalized spacial score (nSPS) is 29.5. The Labute approximate surface area is 119 Å². The van der Waals surface area contributed by atoms with Gasteiger partial charge in [-0.1, -0.05) is 42.5 Å². The number of hydrogen-bond acceptors (Lipinski definition) is 2. The second-order valence-electron chi connectivity index (χ2n) is 5.44. The summed E-state index contributed by atoms with van der Waals surface area (Å²) in [5.74, 6) is 0.303. The molecular weight excluding hydrogens is 250 g/mol. The highest BCUT2D eigenvalue weighted by atomic mass is 16.5. The Morgan fingerprint density at radius 3 is 2.35 bits per heavy atom. The van der Waals surface area contributed by atoms with Gasteiger partial charge in [-0.15, -0.1) is 0 Å². The van der Waals surface area contributed by atoms with Gasteiger partial charge in [0.25, 0.3) is 0 Å². The highest BCUT2D eigenvalue weighted by Crippen LogP contribution is 2.33. The molecule has 3 nitrogen and oxygen atoms in total. The Hall–Kier alpha value is -1.84. The summed E-state index contributed by atoms with van der Waals surface area (Å²) < 4.78 is 6.24. The second kappa shape index (κ2) is 5.27. The monoisotopic (exact) mass is 270 g/mol. The molecule has 2 N–H and O–H groups in total. The first kappa shape index (κ1) is 13.2. The zero-order valence-electron chi connectivity index (χ0n) is 11.8. The molecule has 1 unspecified atom stereocenters. The van der Waals surface area contributed by atoms with E-state index >= 15 is 0 Å². The molecule has 0 radical (unpaired) electrons. The van der Waals surface area contributed by atoms with Crippen LogP contribution in [0.2, 0.25) is 0 Å². The highest BCUT2D eigenvalue weighted by molar-refractivity contribution is 5.33. The van der Waals surface area contributed by atoms with Gasteiger partial charge in [-0.3, -0.25) is 0 Å². The Bertz CT molecular complexity index is 585. The Kier molecular flexibility index (Phi) is 3.47. The molecule has 1 saturated heterocycles. The number of benzene rings is 2. The van der Waals surface area contributed by atoms with Crippen molar-refractivity contribution in [2.75, 3.05) is 7.05 Å². The topological polar surface area (TPSA) is 33.9 Å². The number of ether oxygens (including phenoxy) is 1. The summed E-state index contributed by atoms with van der Waals surface area (Å²) in [6.45, 7) is 2.19. The SMILES string of the molecule is C[C@@H]1[C@@H](c2ccccc2)O[C@H](c2ccccc2O)[NH+]1C. The van der Waals surface area contributed by atoms with Crippen molar-refractivity contribution in [3.8, 4) is 5.75 Å². The van der Waals surface area contributed by atoms with E-state index in [0.717, 1.165) is 5.56 Å². The molecule has 1 fully saturated rings. The van der Waals surface area contributed by atoms with Crippen LogP contribution in [0.1, 0.15) is 30.4 Å². The van der Waals surface area contributed by atoms with Gasteiger partial charge in [0.15, 0.2) is 0 Å². The highest BCUT2D eigenvalue weighted by Gasteiger charge is 2.43. The van der Waals surface area contributed by atoms with Crippen LogP contribution in [0.4, 0.5) is 0 Å². The fourth-order valence-electron chi connectivity index (χ4n) is 2.89. The molecule has 4 atom stereocenters. The van der Waals surface area contributed by atoms with E-state index in [1.54, 1.807) is 6.07 Å². The van der Waals surface area contributed by atoms with Gasteiger partial charge in [-0.2, -0.15) is 0 Å². The molecule has 0 saturated carbocycles. The minimum Gasteiger partial charge on any atom is -0.507 e. The third-order valence-electron chi connectivity index (χ3n) is 4.22. The molecule has 0 spiro atoms. The predicted molar refractivity (Wildman–Crippen MR) is 77.5 cm³/mol. The second-order valence-corrected chi connectivity index (χ2v) is 5.44. The summed E-state index contributed by atoms with van der Waals surface area (Å²) in [5.41, 5.74) is 2.05. The number of quaternary nitrogens is 1. The van der Waals surface area contributed by atoms with E-state index in [2.05, 4.69) is 26.1 Å². The van der Waals surface area contributed by atoms with Crippen LogP contribution in [0.15, 0.2) is 54.6 Å². The molecule has 1 aliphatic rings. The van der Waals surface area contributed by atoms with Gasteiger partial charge < -0.3 is 14.7 Å². The summed E-state index contributed by atoms with van der Waals surface area (Å²) in [5, 5.41) is 10.0. The zero-order chi connectivity index (χ0) is 14.1. The van der Waals surface area contributed by atoms with Gasteiger partial charge in [0.2, 0.25) is 6.23 Å². The van der Waals surface area contributed by atoms with Crippen molar-refractivity contribution < 1.29 is 14.7 Å². The average Bonchev–Trinajstić information content (AvgIpc) is 2.77. The molecule has 1 heterocycles. The summed E-state index contributed by atoms with van der Waals surface area (Å²) >= 11 is 0. The molecule has 1 aliphatic heterocycles. The number of nitrogens with one attached hydrogen (secondary N) is 1. The minimum absolute atomic E-state index is 0.0563. The van der Waals surface area contributed by atoms with Gasteiger partial charge in [0.1, 0.15) is 17.9 Å². The first-order chi connectivity index (χ1) is 9.68. The molecule has 3 rings (SSSR count). The number of phenols is 1. The molecule has 0 bridgehead atoms. The third-order valence-corrected chi connectivity index (χ3v) is 4.22. The molecule has 104 valence electrons. The zero-order valence-corrected chi connectivity index (χ0v) is 11.8. The number of para-hydroxylation sites is 1. The average molecular weight is 270 g/mol. The van der Waals surface area contributed by atoms with Crippen LogP contribution in [0.3, 0.4) is 0 Å². The lowest BCUT2D eigenvalue weighted by atomic mass is 10.0. The van der Waals surface area contributed by atoms with Gasteiger partial charge in [-0.05, 0) is 24.6 Å². The lowest BCUT2D eigenvalue weighted by molar-refractivity contribution is -0.933. The summed E-state index contributed by atoms with van der Waals surface area (Å²) in [7, 11) is 2.12. The maximum atomic E-state index is 10.0. The van der Waals surface area contributed by atoms with Crippen LogP contribution in [-0.2, 0) is 4.74 Å². The number of hydrogen-bond donors (Lipinski definition) is 2. The first-order valence-electron chi connectivity index (χ1n) is 7.00. The fraction of sp³-hybridized carbons (Fsp3) is 0.294. The van der Waals surface area contributed by atoms with E-state index in [1.807, 2.05) is 36.4 Å². The standard InChI is InChI=1S/C17H19NO2/c1-12-16(13-8-4-3-5-9-13)20-17(18(12)2)14-10-6-7-11-15(14)19/h3-12,16-17,19H,1-2H3/p+1/t12-,16+,17-/m1/s1. The van der Waals surface area contributed by atoms with Gasteiger partial charge in [0.05, 0.1) is 12.6 Å². The van der Waals surface area contributed by atoms with E-state index in [-0.39, 0.29) is 12.3 Å². The Morgan fingerprint density at radius 2 is 1.65 bits per heavy atom. The van der Waals surface area contributed by atoms with Crippen molar-refractivity contribution >= 4 is 0 Å². The van der Waals surface area contributed by atoms with Crippen LogP contribution in [-0.4, -0.2) is 18.2 Å². The van der Waals surface area contributed by atoms with Crippen LogP contribution in [0.25, 0.3) is 0 Å². The van der Waals surface area contributed by atoms with Crippen LogP contribution in [0, 0.1) is 0 Å².